The first-order chi connectivity index (χ1) is 14.3. The first-order valence-corrected chi connectivity index (χ1v) is 10.6. The van der Waals surface area contributed by atoms with E-state index in [1.54, 1.807) is 32.7 Å². The smallest absolute Gasteiger partial charge is 0.203 e. The summed E-state index contributed by atoms with van der Waals surface area (Å²) < 4.78 is 20.0. The Morgan fingerprint density at radius 2 is 1.63 bits per heavy atom. The summed E-state index contributed by atoms with van der Waals surface area (Å²) in [4.78, 5) is 5.94. The third-order valence-electron chi connectivity index (χ3n) is 4.84. The molecule has 0 spiro atoms. The van der Waals surface area contributed by atoms with E-state index in [2.05, 4.69) is 55.6 Å². The second-order valence-corrected chi connectivity index (χ2v) is 9.30. The number of imidazole rings is 1. The molecule has 6 nitrogen and oxygen atoms in total. The highest BCUT2D eigenvalue weighted by molar-refractivity contribution is 7.23. The number of nitrogens with one attached hydrogen (secondary N) is 1. The number of thiazole rings is 1. The average Bonchev–Trinajstić information content (AvgIpc) is 3.21. The maximum absolute atomic E-state index is 5.56. The SMILES string of the molecule is COc1cc(-c2nc3sc4cc(C)ccc4n3c2NC(C)(C)C)cc(OC)c1OC. The zero-order valence-electron chi connectivity index (χ0n) is 18.4. The van der Waals surface area contributed by atoms with Crippen LogP contribution in [0.5, 0.6) is 17.2 Å². The summed E-state index contributed by atoms with van der Waals surface area (Å²) >= 11 is 1.68. The summed E-state index contributed by atoms with van der Waals surface area (Å²) in [6.07, 6.45) is 0. The summed E-state index contributed by atoms with van der Waals surface area (Å²) in [6.45, 7) is 8.54. The summed E-state index contributed by atoms with van der Waals surface area (Å²) in [7, 11) is 4.85. The van der Waals surface area contributed by atoms with Gasteiger partial charge in [-0.25, -0.2) is 4.98 Å². The van der Waals surface area contributed by atoms with E-state index in [0.717, 1.165) is 27.6 Å². The lowest BCUT2D eigenvalue weighted by atomic mass is 10.1. The lowest BCUT2D eigenvalue weighted by Crippen LogP contribution is -2.27. The zero-order chi connectivity index (χ0) is 21.6. The molecule has 2 aromatic heterocycles. The standard InChI is InChI=1S/C23H27N3O3S/c1-13-8-9-15-18(10-13)30-22-24-19(21(26(15)22)25-23(2,3)4)14-11-16(27-5)20(29-7)17(12-14)28-6/h8-12,25H,1-7H3. The van der Waals surface area contributed by atoms with Gasteiger partial charge in [-0.15, -0.1) is 0 Å². The third kappa shape index (κ3) is 3.43. The molecule has 158 valence electrons. The minimum Gasteiger partial charge on any atom is -0.493 e. The number of ether oxygens (including phenoxy) is 3. The van der Waals surface area contributed by atoms with Crippen LogP contribution in [0.1, 0.15) is 26.3 Å². The van der Waals surface area contributed by atoms with E-state index in [-0.39, 0.29) is 5.54 Å². The first kappa shape index (κ1) is 20.3. The molecule has 4 rings (SSSR count). The van der Waals surface area contributed by atoms with Gasteiger partial charge in [-0.05, 0) is 57.5 Å². The van der Waals surface area contributed by atoms with Crippen LogP contribution in [0.15, 0.2) is 30.3 Å². The lowest BCUT2D eigenvalue weighted by molar-refractivity contribution is 0.324. The second kappa shape index (κ2) is 7.40. The molecule has 0 aliphatic rings. The number of methoxy groups -OCH3 is 3. The number of rotatable bonds is 5. The van der Waals surface area contributed by atoms with Gasteiger partial charge < -0.3 is 19.5 Å². The number of hydrogen-bond acceptors (Lipinski definition) is 6. The van der Waals surface area contributed by atoms with Crippen molar-refractivity contribution in [2.75, 3.05) is 26.6 Å². The number of hydrogen-bond donors (Lipinski definition) is 1. The number of fused-ring (bicyclic) bond motifs is 3. The monoisotopic (exact) mass is 425 g/mol. The Kier molecular flexibility index (Phi) is 5.02. The minimum atomic E-state index is -0.148. The Labute approximate surface area is 180 Å². The molecule has 30 heavy (non-hydrogen) atoms. The molecule has 4 aromatic rings. The van der Waals surface area contributed by atoms with Crippen LogP contribution < -0.4 is 19.5 Å². The van der Waals surface area contributed by atoms with Gasteiger partial charge in [0.05, 0.1) is 31.5 Å². The molecule has 2 aromatic carbocycles. The van der Waals surface area contributed by atoms with E-state index in [1.165, 1.54) is 10.3 Å². The summed E-state index contributed by atoms with van der Waals surface area (Å²) in [5.41, 5.74) is 3.97. The van der Waals surface area contributed by atoms with Crippen molar-refractivity contribution in [3.05, 3.63) is 35.9 Å². The van der Waals surface area contributed by atoms with Gasteiger partial charge >= 0.3 is 0 Å². The molecule has 0 fully saturated rings. The maximum Gasteiger partial charge on any atom is 0.203 e. The van der Waals surface area contributed by atoms with Crippen LogP contribution in [0, 0.1) is 6.92 Å². The Hall–Kier alpha value is -2.93. The highest BCUT2D eigenvalue weighted by atomic mass is 32.1. The molecule has 0 amide bonds. The summed E-state index contributed by atoms with van der Waals surface area (Å²) in [5.74, 6) is 2.72. The molecule has 0 saturated heterocycles. The van der Waals surface area contributed by atoms with Gasteiger partial charge in [0, 0.05) is 11.1 Å². The van der Waals surface area contributed by atoms with Crippen LogP contribution in [0.3, 0.4) is 0 Å². The van der Waals surface area contributed by atoms with Gasteiger partial charge in [-0.2, -0.15) is 0 Å². The van der Waals surface area contributed by atoms with Gasteiger partial charge in [0.15, 0.2) is 16.5 Å². The van der Waals surface area contributed by atoms with Crippen LogP contribution in [0.25, 0.3) is 26.4 Å². The normalized spacial score (nSPS) is 11.8. The molecule has 0 aliphatic heterocycles. The fourth-order valence-electron chi connectivity index (χ4n) is 3.57. The zero-order valence-corrected chi connectivity index (χ0v) is 19.2. The van der Waals surface area contributed by atoms with E-state index in [4.69, 9.17) is 19.2 Å². The van der Waals surface area contributed by atoms with Crippen LogP contribution in [-0.4, -0.2) is 36.3 Å². The van der Waals surface area contributed by atoms with Crippen LogP contribution in [0.2, 0.25) is 0 Å². The summed E-state index contributed by atoms with van der Waals surface area (Å²) in [6, 6.07) is 10.4. The van der Waals surface area contributed by atoms with Gasteiger partial charge in [0.2, 0.25) is 5.75 Å². The van der Waals surface area contributed by atoms with Crippen LogP contribution in [-0.2, 0) is 0 Å². The molecule has 2 heterocycles. The molecule has 0 unspecified atom stereocenters. The van der Waals surface area contributed by atoms with E-state index < -0.39 is 0 Å². The topological polar surface area (TPSA) is 57.0 Å². The van der Waals surface area contributed by atoms with Crippen molar-refractivity contribution in [1.29, 1.82) is 0 Å². The molecule has 7 heteroatoms. The second-order valence-electron chi connectivity index (χ2n) is 8.29. The van der Waals surface area contributed by atoms with Gasteiger partial charge in [-0.1, -0.05) is 17.4 Å². The Bertz CT molecular complexity index is 1210. The lowest BCUT2D eigenvalue weighted by Gasteiger charge is -2.23. The van der Waals surface area contributed by atoms with Gasteiger partial charge in [-0.3, -0.25) is 4.40 Å². The molecule has 0 radical (unpaired) electrons. The number of aromatic nitrogens is 2. The molecule has 0 bridgehead atoms. The first-order valence-electron chi connectivity index (χ1n) is 9.76. The van der Waals surface area contributed by atoms with E-state index in [9.17, 15) is 0 Å². The van der Waals surface area contributed by atoms with Gasteiger partial charge in [0.25, 0.3) is 0 Å². The number of anilines is 1. The molecule has 1 N–H and O–H groups in total. The van der Waals surface area contributed by atoms with Crippen molar-refractivity contribution in [1.82, 2.24) is 9.38 Å². The molecular weight excluding hydrogens is 398 g/mol. The third-order valence-corrected chi connectivity index (χ3v) is 5.84. The fraction of sp³-hybridized carbons (Fsp3) is 0.348. The highest BCUT2D eigenvalue weighted by Gasteiger charge is 2.24. The average molecular weight is 426 g/mol. The van der Waals surface area contributed by atoms with E-state index in [0.29, 0.717) is 17.2 Å². The fourth-order valence-corrected chi connectivity index (χ4v) is 4.69. The van der Waals surface area contributed by atoms with Crippen LogP contribution >= 0.6 is 11.3 Å². The summed E-state index contributed by atoms with van der Waals surface area (Å²) in [5, 5.41) is 3.66. The van der Waals surface area contributed by atoms with Crippen LogP contribution in [0.4, 0.5) is 5.82 Å². The largest absolute Gasteiger partial charge is 0.493 e. The number of aryl methyl sites for hydroxylation is 1. The van der Waals surface area contributed by atoms with Crippen molar-refractivity contribution < 1.29 is 14.2 Å². The highest BCUT2D eigenvalue weighted by Crippen LogP contribution is 2.44. The van der Waals surface area contributed by atoms with Gasteiger partial charge in [0.1, 0.15) is 11.5 Å². The van der Waals surface area contributed by atoms with E-state index in [1.807, 2.05) is 12.1 Å². The minimum absolute atomic E-state index is 0.148. The molecule has 0 aliphatic carbocycles. The number of benzene rings is 2. The van der Waals surface area contributed by atoms with Crippen molar-refractivity contribution in [2.45, 2.75) is 33.2 Å². The predicted molar refractivity (Wildman–Crippen MR) is 124 cm³/mol. The maximum atomic E-state index is 5.56. The molecular formula is C23H27N3O3S. The Balaban J connectivity index is 2.02. The van der Waals surface area contributed by atoms with E-state index >= 15 is 0 Å². The van der Waals surface area contributed by atoms with Crippen molar-refractivity contribution >= 4 is 32.3 Å². The van der Waals surface area contributed by atoms with Crippen molar-refractivity contribution in [3.8, 4) is 28.5 Å². The Morgan fingerprint density at radius 3 is 2.20 bits per heavy atom. The Morgan fingerprint density at radius 1 is 0.967 bits per heavy atom. The quantitative estimate of drug-likeness (QED) is 0.440. The molecule has 0 atom stereocenters. The van der Waals surface area contributed by atoms with Crippen molar-refractivity contribution in [3.63, 3.8) is 0 Å². The predicted octanol–water partition coefficient (Wildman–Crippen LogP) is 5.76. The number of nitrogens with zero attached hydrogens (tertiary/aromatic N) is 2. The van der Waals surface area contributed by atoms with Crippen molar-refractivity contribution in [2.24, 2.45) is 0 Å². The molecule has 0 saturated carbocycles.